The third kappa shape index (κ3) is 5.00. The van der Waals surface area contributed by atoms with Crippen LogP contribution in [0.15, 0.2) is 48.6 Å². The Balaban J connectivity index is 2.62. The van der Waals surface area contributed by atoms with E-state index in [0.29, 0.717) is 29.0 Å². The van der Waals surface area contributed by atoms with Crippen LogP contribution in [-0.4, -0.2) is 27.3 Å². The lowest BCUT2D eigenvalue weighted by Gasteiger charge is -2.18. The second-order valence-electron chi connectivity index (χ2n) is 6.25. The van der Waals surface area contributed by atoms with Crippen molar-refractivity contribution in [3.05, 3.63) is 70.8 Å². The molecule has 2 rings (SSSR count). The van der Waals surface area contributed by atoms with E-state index in [4.69, 9.17) is 14.2 Å². The molecule has 2 aromatic rings. The normalized spacial score (nSPS) is 10.7. The second kappa shape index (κ2) is 9.62. The number of benzene rings is 2. The molecule has 0 aliphatic heterocycles. The van der Waals surface area contributed by atoms with Crippen molar-refractivity contribution in [3.8, 4) is 11.5 Å². The van der Waals surface area contributed by atoms with Gasteiger partial charge in [-0.05, 0) is 37.0 Å². The van der Waals surface area contributed by atoms with Gasteiger partial charge in [-0.2, -0.15) is 0 Å². The molecular weight excluding hydrogens is 340 g/mol. The van der Waals surface area contributed by atoms with Gasteiger partial charge in [-0.25, -0.2) is 4.79 Å². The maximum atomic E-state index is 12.5. The lowest BCUT2D eigenvalue weighted by Crippen LogP contribution is -2.10. The number of hydrogen-bond acceptors (Lipinski definition) is 4. The van der Waals surface area contributed by atoms with Gasteiger partial charge in [-0.3, -0.25) is 0 Å². The number of esters is 1. The molecule has 0 unspecified atom stereocenters. The standard InChI is InChI=1S/C23H26O4/c1-16(2)11-14-19-20(25-3)15-18(13-12-17-9-7-6-8-10-17)21(22(19)26-4)23(24)27-5/h6-10,12-13,15H,1,11,14H2,2-5H3/b13-12+. The number of ether oxygens (including phenoxy) is 3. The maximum Gasteiger partial charge on any atom is 0.342 e. The topological polar surface area (TPSA) is 44.8 Å². The summed E-state index contributed by atoms with van der Waals surface area (Å²) in [5.74, 6) is 0.711. The SMILES string of the molecule is C=C(C)CCc1c(OC)cc(/C=C/c2ccccc2)c(C(=O)OC)c1OC. The van der Waals surface area contributed by atoms with Crippen LogP contribution >= 0.6 is 0 Å². The monoisotopic (exact) mass is 366 g/mol. The quantitative estimate of drug-likeness (QED) is 0.367. The summed E-state index contributed by atoms with van der Waals surface area (Å²) in [5, 5.41) is 0. The molecule has 142 valence electrons. The molecule has 0 N–H and O–H groups in total. The summed E-state index contributed by atoms with van der Waals surface area (Å²) >= 11 is 0. The third-order valence-electron chi connectivity index (χ3n) is 4.24. The Morgan fingerprint density at radius 3 is 2.33 bits per heavy atom. The van der Waals surface area contributed by atoms with E-state index in [-0.39, 0.29) is 0 Å². The minimum absolute atomic E-state index is 0.393. The van der Waals surface area contributed by atoms with Gasteiger partial charge in [0, 0.05) is 5.56 Å². The van der Waals surface area contributed by atoms with E-state index in [1.165, 1.54) is 7.11 Å². The average molecular weight is 366 g/mol. The van der Waals surface area contributed by atoms with Crippen LogP contribution in [0.25, 0.3) is 12.2 Å². The minimum atomic E-state index is -0.446. The predicted octanol–water partition coefficient (Wildman–Crippen LogP) is 5.17. The van der Waals surface area contributed by atoms with Crippen LogP contribution in [0.3, 0.4) is 0 Å². The first-order valence-electron chi connectivity index (χ1n) is 8.75. The van der Waals surface area contributed by atoms with Crippen molar-refractivity contribution >= 4 is 18.1 Å². The number of carbonyl (C=O) groups excluding carboxylic acids is 1. The summed E-state index contributed by atoms with van der Waals surface area (Å²) in [5.41, 5.74) is 3.98. The number of hydrogen-bond donors (Lipinski definition) is 0. The molecule has 2 aromatic carbocycles. The molecule has 0 fully saturated rings. The molecule has 27 heavy (non-hydrogen) atoms. The average Bonchev–Trinajstić information content (AvgIpc) is 2.69. The van der Waals surface area contributed by atoms with E-state index in [9.17, 15) is 4.79 Å². The molecule has 4 heteroatoms. The van der Waals surface area contributed by atoms with E-state index < -0.39 is 5.97 Å². The van der Waals surface area contributed by atoms with Crippen molar-refractivity contribution in [2.75, 3.05) is 21.3 Å². The molecule has 0 bridgehead atoms. The van der Waals surface area contributed by atoms with E-state index >= 15 is 0 Å². The summed E-state index contributed by atoms with van der Waals surface area (Å²) in [4.78, 5) is 12.5. The fourth-order valence-electron chi connectivity index (χ4n) is 2.87. The van der Waals surface area contributed by atoms with Gasteiger partial charge in [0.1, 0.15) is 17.1 Å². The highest BCUT2D eigenvalue weighted by Gasteiger charge is 2.24. The zero-order chi connectivity index (χ0) is 19.8. The van der Waals surface area contributed by atoms with Crippen molar-refractivity contribution < 1.29 is 19.0 Å². The number of rotatable bonds is 8. The zero-order valence-electron chi connectivity index (χ0n) is 16.4. The Bertz CT molecular complexity index is 835. The molecule has 0 spiro atoms. The molecule has 4 nitrogen and oxygen atoms in total. The number of methoxy groups -OCH3 is 3. The summed E-state index contributed by atoms with van der Waals surface area (Å²) < 4.78 is 16.2. The van der Waals surface area contributed by atoms with Gasteiger partial charge < -0.3 is 14.2 Å². The van der Waals surface area contributed by atoms with Gasteiger partial charge >= 0.3 is 5.97 Å². The highest BCUT2D eigenvalue weighted by molar-refractivity contribution is 5.98. The summed E-state index contributed by atoms with van der Waals surface area (Å²) in [7, 11) is 4.53. The van der Waals surface area contributed by atoms with Crippen molar-refractivity contribution in [3.63, 3.8) is 0 Å². The molecule has 0 heterocycles. The van der Waals surface area contributed by atoms with E-state index in [1.54, 1.807) is 14.2 Å². The van der Waals surface area contributed by atoms with Crippen LogP contribution in [0.1, 0.15) is 40.4 Å². The fraction of sp³-hybridized carbons (Fsp3) is 0.261. The predicted molar refractivity (Wildman–Crippen MR) is 109 cm³/mol. The Kier molecular flexibility index (Phi) is 7.24. The Morgan fingerprint density at radius 2 is 1.78 bits per heavy atom. The van der Waals surface area contributed by atoms with Crippen LogP contribution in [0.4, 0.5) is 0 Å². The highest BCUT2D eigenvalue weighted by atomic mass is 16.5. The van der Waals surface area contributed by atoms with E-state index in [0.717, 1.165) is 23.1 Å². The second-order valence-corrected chi connectivity index (χ2v) is 6.25. The number of allylic oxidation sites excluding steroid dienone is 1. The van der Waals surface area contributed by atoms with Gasteiger partial charge in [0.15, 0.2) is 0 Å². The summed E-state index contributed by atoms with van der Waals surface area (Å²) in [6, 6.07) is 11.7. The minimum Gasteiger partial charge on any atom is -0.496 e. The van der Waals surface area contributed by atoms with Gasteiger partial charge in [-0.15, -0.1) is 6.58 Å². The molecule has 0 saturated carbocycles. The largest absolute Gasteiger partial charge is 0.496 e. The van der Waals surface area contributed by atoms with Crippen LogP contribution in [-0.2, 0) is 11.2 Å². The first-order valence-corrected chi connectivity index (χ1v) is 8.75. The van der Waals surface area contributed by atoms with Crippen molar-refractivity contribution in [2.45, 2.75) is 19.8 Å². The molecule has 0 aromatic heterocycles. The summed E-state index contributed by atoms with van der Waals surface area (Å²) in [6.45, 7) is 5.92. The Labute approximate surface area is 161 Å². The van der Waals surface area contributed by atoms with Crippen molar-refractivity contribution in [1.29, 1.82) is 0 Å². The maximum absolute atomic E-state index is 12.5. The molecule has 0 amide bonds. The van der Waals surface area contributed by atoms with Crippen molar-refractivity contribution in [2.24, 2.45) is 0 Å². The van der Waals surface area contributed by atoms with E-state index in [1.807, 2.05) is 55.5 Å². The lowest BCUT2D eigenvalue weighted by atomic mass is 9.96. The van der Waals surface area contributed by atoms with E-state index in [2.05, 4.69) is 6.58 Å². The van der Waals surface area contributed by atoms with Gasteiger partial charge in [0.2, 0.25) is 0 Å². The first-order chi connectivity index (χ1) is 13.0. The Morgan fingerprint density at radius 1 is 1.07 bits per heavy atom. The molecule has 0 saturated heterocycles. The third-order valence-corrected chi connectivity index (χ3v) is 4.24. The molecule has 0 atom stereocenters. The van der Waals surface area contributed by atoms with Crippen LogP contribution in [0.2, 0.25) is 0 Å². The first kappa shape index (κ1) is 20.3. The summed E-state index contributed by atoms with van der Waals surface area (Å²) in [6.07, 6.45) is 5.24. The zero-order valence-corrected chi connectivity index (χ0v) is 16.4. The van der Waals surface area contributed by atoms with Gasteiger partial charge in [0.05, 0.1) is 21.3 Å². The van der Waals surface area contributed by atoms with Crippen molar-refractivity contribution in [1.82, 2.24) is 0 Å². The molecule has 0 aliphatic carbocycles. The fourth-order valence-corrected chi connectivity index (χ4v) is 2.87. The lowest BCUT2D eigenvalue weighted by molar-refractivity contribution is 0.0596. The molecule has 0 radical (unpaired) electrons. The van der Waals surface area contributed by atoms with Crippen LogP contribution in [0, 0.1) is 0 Å². The molecular formula is C23H26O4. The number of carbonyl (C=O) groups is 1. The Hall–Kier alpha value is -3.01. The molecule has 0 aliphatic rings. The van der Waals surface area contributed by atoms with Crippen LogP contribution < -0.4 is 9.47 Å². The van der Waals surface area contributed by atoms with Crippen LogP contribution in [0.5, 0.6) is 11.5 Å². The smallest absolute Gasteiger partial charge is 0.342 e. The highest BCUT2D eigenvalue weighted by Crippen LogP contribution is 2.38. The van der Waals surface area contributed by atoms with Gasteiger partial charge in [-0.1, -0.05) is 48.1 Å². The van der Waals surface area contributed by atoms with Gasteiger partial charge in [0.25, 0.3) is 0 Å².